The summed E-state index contributed by atoms with van der Waals surface area (Å²) in [5, 5.41) is 56.7. The Morgan fingerprint density at radius 2 is 1.17 bits per heavy atom. The van der Waals surface area contributed by atoms with Crippen LogP contribution in [0.5, 0.6) is 0 Å². The van der Waals surface area contributed by atoms with Gasteiger partial charge in [0.2, 0.25) is 0 Å². The van der Waals surface area contributed by atoms with Gasteiger partial charge >= 0.3 is 14.4 Å². The summed E-state index contributed by atoms with van der Waals surface area (Å²) in [6.45, 7) is 6.31. The van der Waals surface area contributed by atoms with Gasteiger partial charge in [-0.15, -0.1) is 0 Å². The second kappa shape index (κ2) is 9.93. The Bertz CT molecular complexity index is 445. The SMILES string of the molecule is CC(C)(O)C(C)(C)O.OB(O)O.OB(O)c1ccc(F)cc1F. The first kappa shape index (κ1) is 24.2. The van der Waals surface area contributed by atoms with Gasteiger partial charge in [0.15, 0.2) is 0 Å². The zero-order valence-corrected chi connectivity index (χ0v) is 13.3. The predicted molar refractivity (Wildman–Crippen MR) is 81.2 cm³/mol. The highest BCUT2D eigenvalue weighted by Crippen LogP contribution is 2.19. The lowest BCUT2D eigenvalue weighted by Crippen LogP contribution is -2.44. The molecule has 132 valence electrons. The minimum atomic E-state index is -2.17. The Balaban J connectivity index is 0. The van der Waals surface area contributed by atoms with Gasteiger partial charge in [0.05, 0.1) is 11.2 Å². The van der Waals surface area contributed by atoms with E-state index < -0.39 is 37.3 Å². The quantitative estimate of drug-likeness (QED) is 0.313. The van der Waals surface area contributed by atoms with Crippen LogP contribution >= 0.6 is 0 Å². The fraction of sp³-hybridized carbons (Fsp3) is 0.500. The van der Waals surface area contributed by atoms with E-state index >= 15 is 0 Å². The molecule has 0 atom stereocenters. The number of hydrogen-bond donors (Lipinski definition) is 7. The minimum absolute atomic E-state index is 0.327. The topological polar surface area (TPSA) is 142 Å². The second-order valence-corrected chi connectivity index (χ2v) is 5.50. The maximum Gasteiger partial charge on any atom is 0.631 e. The smallest absolute Gasteiger partial charge is 0.423 e. The van der Waals surface area contributed by atoms with E-state index in [0.29, 0.717) is 6.07 Å². The Kier molecular flexibility index (Phi) is 10.4. The molecule has 0 unspecified atom stereocenters. The van der Waals surface area contributed by atoms with Crippen molar-refractivity contribution in [1.29, 1.82) is 0 Å². The van der Waals surface area contributed by atoms with Crippen molar-refractivity contribution in [1.82, 2.24) is 0 Å². The van der Waals surface area contributed by atoms with E-state index in [1.165, 1.54) is 0 Å². The zero-order chi connectivity index (χ0) is 19.0. The lowest BCUT2D eigenvalue weighted by molar-refractivity contribution is -0.107. The van der Waals surface area contributed by atoms with Crippen LogP contribution in [0.1, 0.15) is 27.7 Å². The maximum atomic E-state index is 12.5. The molecule has 23 heavy (non-hydrogen) atoms. The van der Waals surface area contributed by atoms with Crippen molar-refractivity contribution in [2.45, 2.75) is 38.9 Å². The zero-order valence-electron chi connectivity index (χ0n) is 13.3. The minimum Gasteiger partial charge on any atom is -0.423 e. The Morgan fingerprint density at radius 3 is 1.39 bits per heavy atom. The molecule has 0 amide bonds. The summed E-state index contributed by atoms with van der Waals surface area (Å²) in [4.78, 5) is 0. The van der Waals surface area contributed by atoms with Crippen molar-refractivity contribution >= 4 is 19.9 Å². The standard InChI is InChI=1S/C6H5BF2O2.C6H14O2.BH3O3/c8-4-1-2-5(7(10)11)6(9)3-4;1-5(2,7)6(3,4)8;2-1(3)4/h1-3,10-11H;7-8H,1-4H3;2-4H. The molecule has 0 aliphatic heterocycles. The second-order valence-electron chi connectivity index (χ2n) is 5.50. The molecular weight excluding hydrogens is 316 g/mol. The third-order valence-corrected chi connectivity index (χ3v) is 2.74. The monoisotopic (exact) mass is 338 g/mol. The van der Waals surface area contributed by atoms with Crippen molar-refractivity contribution in [3.63, 3.8) is 0 Å². The molecule has 0 saturated heterocycles. The highest BCUT2D eigenvalue weighted by Gasteiger charge is 2.31. The van der Waals surface area contributed by atoms with Crippen molar-refractivity contribution in [3.05, 3.63) is 29.8 Å². The van der Waals surface area contributed by atoms with Crippen molar-refractivity contribution in [2.75, 3.05) is 0 Å². The summed E-state index contributed by atoms with van der Waals surface area (Å²) in [6, 6.07) is 2.53. The molecule has 0 bridgehead atoms. The van der Waals surface area contributed by atoms with Crippen molar-refractivity contribution in [2.24, 2.45) is 0 Å². The normalized spacial score (nSPS) is 10.8. The van der Waals surface area contributed by atoms with Crippen molar-refractivity contribution in [3.8, 4) is 0 Å². The van der Waals surface area contributed by atoms with Gasteiger partial charge in [-0.3, -0.25) is 0 Å². The molecule has 0 heterocycles. The van der Waals surface area contributed by atoms with Crippen LogP contribution in [0.25, 0.3) is 0 Å². The molecule has 7 N–H and O–H groups in total. The third-order valence-electron chi connectivity index (χ3n) is 2.74. The van der Waals surface area contributed by atoms with Crippen LogP contribution in [-0.4, -0.2) is 61.0 Å². The number of benzene rings is 1. The summed E-state index contributed by atoms with van der Waals surface area (Å²) in [5.41, 5.74) is -2.34. The first-order valence-electron chi connectivity index (χ1n) is 6.39. The fourth-order valence-corrected chi connectivity index (χ4v) is 0.711. The molecule has 0 aliphatic rings. The first-order chi connectivity index (χ1) is 10.1. The number of halogens is 2. The van der Waals surface area contributed by atoms with E-state index in [-0.39, 0.29) is 5.46 Å². The summed E-state index contributed by atoms with van der Waals surface area (Å²) in [6.07, 6.45) is 0. The molecule has 1 aromatic carbocycles. The highest BCUT2D eigenvalue weighted by atomic mass is 19.1. The van der Waals surface area contributed by atoms with E-state index in [4.69, 9.17) is 35.3 Å². The van der Waals surface area contributed by atoms with E-state index in [0.717, 1.165) is 12.1 Å². The van der Waals surface area contributed by atoms with Gasteiger partial charge in [-0.2, -0.15) is 0 Å². The summed E-state index contributed by atoms with van der Waals surface area (Å²) >= 11 is 0. The molecule has 0 fully saturated rings. The van der Waals surface area contributed by atoms with Crippen LogP contribution in [0.15, 0.2) is 18.2 Å². The molecule has 0 spiro atoms. The Morgan fingerprint density at radius 1 is 0.826 bits per heavy atom. The molecule has 7 nitrogen and oxygen atoms in total. The largest absolute Gasteiger partial charge is 0.631 e. The highest BCUT2D eigenvalue weighted by molar-refractivity contribution is 6.58. The summed E-state index contributed by atoms with van der Waals surface area (Å²) in [5.74, 6) is -1.70. The average Bonchev–Trinajstić information content (AvgIpc) is 2.24. The first-order valence-corrected chi connectivity index (χ1v) is 6.39. The summed E-state index contributed by atoms with van der Waals surface area (Å²) in [7, 11) is -4.06. The van der Waals surface area contributed by atoms with Crippen LogP contribution in [0, 0.1) is 11.6 Å². The molecule has 1 aromatic rings. The fourth-order valence-electron chi connectivity index (χ4n) is 0.711. The molecule has 0 radical (unpaired) electrons. The molecule has 0 aliphatic carbocycles. The number of aliphatic hydroxyl groups is 2. The van der Waals surface area contributed by atoms with Crippen LogP contribution in [0.4, 0.5) is 8.78 Å². The van der Waals surface area contributed by atoms with Gasteiger partial charge in [-0.25, -0.2) is 8.78 Å². The van der Waals surface area contributed by atoms with Gasteiger partial charge in [0.25, 0.3) is 0 Å². The van der Waals surface area contributed by atoms with Crippen LogP contribution in [0.3, 0.4) is 0 Å². The molecule has 0 aromatic heterocycles. The number of rotatable bonds is 2. The van der Waals surface area contributed by atoms with Gasteiger partial charge in [-0.05, 0) is 33.8 Å². The lowest BCUT2D eigenvalue weighted by atomic mass is 9.80. The van der Waals surface area contributed by atoms with Gasteiger partial charge in [0.1, 0.15) is 11.6 Å². The number of hydrogen-bond acceptors (Lipinski definition) is 7. The molecule has 11 heteroatoms. The lowest BCUT2D eigenvalue weighted by Gasteiger charge is -2.31. The third kappa shape index (κ3) is 12.1. The van der Waals surface area contributed by atoms with Crippen LogP contribution in [0.2, 0.25) is 0 Å². The van der Waals surface area contributed by atoms with Gasteiger partial charge < -0.3 is 35.3 Å². The van der Waals surface area contributed by atoms with Gasteiger partial charge in [0, 0.05) is 11.5 Å². The van der Waals surface area contributed by atoms with Crippen molar-refractivity contribution < 1.29 is 44.1 Å². The van der Waals surface area contributed by atoms with E-state index in [1.807, 2.05) is 0 Å². The molecule has 1 rings (SSSR count). The predicted octanol–water partition coefficient (Wildman–Crippen LogP) is -1.88. The molecular formula is C12H22B2F2O7. The van der Waals surface area contributed by atoms with Crippen LogP contribution in [-0.2, 0) is 0 Å². The van der Waals surface area contributed by atoms with E-state index in [1.54, 1.807) is 27.7 Å². The van der Waals surface area contributed by atoms with E-state index in [2.05, 4.69) is 0 Å². The van der Waals surface area contributed by atoms with Crippen LogP contribution < -0.4 is 5.46 Å². The van der Waals surface area contributed by atoms with E-state index in [9.17, 15) is 8.78 Å². The Hall–Kier alpha value is -1.07. The maximum absolute atomic E-state index is 12.5. The van der Waals surface area contributed by atoms with Gasteiger partial charge in [-0.1, -0.05) is 6.07 Å². The Labute approximate surface area is 133 Å². The summed E-state index contributed by atoms with van der Waals surface area (Å²) < 4.78 is 24.7. The average molecular weight is 338 g/mol. The molecule has 0 saturated carbocycles.